The first-order chi connectivity index (χ1) is 18.5. The van der Waals surface area contributed by atoms with E-state index in [1.165, 1.54) is 103 Å². The Hall–Kier alpha value is -0.770. The molecule has 0 saturated carbocycles. The molecule has 8 heteroatoms. The van der Waals surface area contributed by atoms with Crippen LogP contribution in [0.15, 0.2) is 0 Å². The third kappa shape index (κ3) is 17.0. The number of hydrogen-bond donors (Lipinski definition) is 4. The van der Waals surface area contributed by atoms with Crippen molar-refractivity contribution in [2.45, 2.75) is 166 Å². The highest BCUT2D eigenvalue weighted by Gasteiger charge is 2.41. The second-order valence-corrected chi connectivity index (χ2v) is 10.9. The number of carbonyl (C=O) groups excluding carboxylic acids is 1. The predicted molar refractivity (Wildman–Crippen MR) is 149 cm³/mol. The van der Waals surface area contributed by atoms with Crippen LogP contribution in [0.1, 0.15) is 135 Å². The van der Waals surface area contributed by atoms with Gasteiger partial charge < -0.3 is 34.6 Å². The molecule has 0 aromatic heterocycles. The Kier molecular flexibility index (Phi) is 22.3. The van der Waals surface area contributed by atoms with Crippen molar-refractivity contribution in [2.75, 3.05) is 19.8 Å². The first-order valence-electron chi connectivity index (χ1n) is 15.6. The van der Waals surface area contributed by atoms with Crippen LogP contribution in [-0.2, 0) is 19.0 Å². The highest BCUT2D eigenvalue weighted by atomic mass is 16.7. The third-order valence-corrected chi connectivity index (χ3v) is 7.44. The minimum Gasteiger partial charge on any atom is -0.454 e. The Labute approximate surface area is 231 Å². The highest BCUT2D eigenvalue weighted by molar-refractivity contribution is 5.69. The summed E-state index contributed by atoms with van der Waals surface area (Å²) < 4.78 is 16.0. The van der Waals surface area contributed by atoms with Gasteiger partial charge in [0.2, 0.25) is 0 Å². The summed E-state index contributed by atoms with van der Waals surface area (Å²) in [5.41, 5.74) is 0. The first kappa shape index (κ1) is 35.3. The van der Waals surface area contributed by atoms with Crippen molar-refractivity contribution >= 4 is 5.97 Å². The number of ether oxygens (including phenoxy) is 3. The van der Waals surface area contributed by atoms with E-state index in [9.17, 15) is 20.1 Å². The standard InChI is InChI=1S/C30H58O8/c1-2-3-4-5-6-7-8-9-10-11-12-13-14-15-16-17-18-19-20-21-26(33)38-29(30-36-22-23-37-30)28(35)27(34)25(32)24-31/h25,27-32,34-35H,2-24H2,1H3/t25-,27-,28+,29-/m1/s1. The average Bonchev–Trinajstić information content (AvgIpc) is 3.46. The fourth-order valence-electron chi connectivity index (χ4n) is 4.94. The molecule has 0 unspecified atom stereocenters. The number of esters is 1. The lowest BCUT2D eigenvalue weighted by Gasteiger charge is -2.31. The Morgan fingerprint density at radius 2 is 1.08 bits per heavy atom. The molecular weight excluding hydrogens is 488 g/mol. The minimum absolute atomic E-state index is 0.202. The Bertz CT molecular complexity index is 540. The minimum atomic E-state index is -1.69. The number of unbranched alkanes of at least 4 members (excludes halogenated alkanes) is 18. The van der Waals surface area contributed by atoms with Gasteiger partial charge in [0.25, 0.3) is 0 Å². The predicted octanol–water partition coefficient (Wildman–Crippen LogP) is 5.17. The van der Waals surface area contributed by atoms with E-state index in [1.807, 2.05) is 0 Å². The second-order valence-electron chi connectivity index (χ2n) is 10.9. The van der Waals surface area contributed by atoms with Gasteiger partial charge in [0, 0.05) is 6.42 Å². The van der Waals surface area contributed by atoms with E-state index in [2.05, 4.69) is 6.92 Å². The van der Waals surface area contributed by atoms with Crippen LogP contribution in [-0.4, -0.2) is 76.9 Å². The smallest absolute Gasteiger partial charge is 0.306 e. The number of aliphatic hydroxyl groups excluding tert-OH is 4. The molecule has 1 heterocycles. The average molecular weight is 547 g/mol. The summed E-state index contributed by atoms with van der Waals surface area (Å²) in [7, 11) is 0. The molecule has 1 aliphatic heterocycles. The molecule has 226 valence electrons. The van der Waals surface area contributed by atoms with E-state index < -0.39 is 43.3 Å². The molecule has 1 saturated heterocycles. The molecule has 1 rings (SSSR count). The van der Waals surface area contributed by atoms with Crippen molar-refractivity contribution in [1.82, 2.24) is 0 Å². The van der Waals surface area contributed by atoms with Crippen LogP contribution in [0.25, 0.3) is 0 Å². The maximum absolute atomic E-state index is 12.3. The summed E-state index contributed by atoms with van der Waals surface area (Å²) in [6.07, 6.45) is 17.4. The van der Waals surface area contributed by atoms with Crippen LogP contribution < -0.4 is 0 Å². The highest BCUT2D eigenvalue weighted by Crippen LogP contribution is 2.20. The molecule has 1 aliphatic rings. The molecule has 38 heavy (non-hydrogen) atoms. The SMILES string of the molecule is CCCCCCCCCCCCCCCCCCCCCC(=O)O[C@@H](C1OCCO1)[C@@H](O)[C@H](O)[C@H](O)CO. The van der Waals surface area contributed by atoms with Crippen LogP contribution in [0.4, 0.5) is 0 Å². The van der Waals surface area contributed by atoms with E-state index in [0.717, 1.165) is 12.8 Å². The van der Waals surface area contributed by atoms with Gasteiger partial charge in [-0.1, -0.05) is 122 Å². The van der Waals surface area contributed by atoms with Gasteiger partial charge >= 0.3 is 5.97 Å². The zero-order valence-corrected chi connectivity index (χ0v) is 24.1. The van der Waals surface area contributed by atoms with E-state index >= 15 is 0 Å². The van der Waals surface area contributed by atoms with Crippen molar-refractivity contribution in [3.8, 4) is 0 Å². The molecule has 0 spiro atoms. The lowest BCUT2D eigenvalue weighted by atomic mass is 10.0. The van der Waals surface area contributed by atoms with Gasteiger partial charge in [0.15, 0.2) is 12.4 Å². The summed E-state index contributed by atoms with van der Waals surface area (Å²) in [6.45, 7) is 2.10. The van der Waals surface area contributed by atoms with Gasteiger partial charge in [-0.3, -0.25) is 4.79 Å². The van der Waals surface area contributed by atoms with Crippen molar-refractivity contribution in [1.29, 1.82) is 0 Å². The van der Waals surface area contributed by atoms with Gasteiger partial charge in [-0.05, 0) is 6.42 Å². The third-order valence-electron chi connectivity index (χ3n) is 7.44. The van der Waals surface area contributed by atoms with Crippen LogP contribution >= 0.6 is 0 Å². The molecule has 0 amide bonds. The molecular formula is C30H58O8. The molecule has 0 bridgehead atoms. The van der Waals surface area contributed by atoms with Crippen LogP contribution in [0.2, 0.25) is 0 Å². The van der Waals surface area contributed by atoms with E-state index in [0.29, 0.717) is 6.42 Å². The van der Waals surface area contributed by atoms with Crippen molar-refractivity contribution in [2.24, 2.45) is 0 Å². The molecule has 0 aromatic carbocycles. The van der Waals surface area contributed by atoms with Gasteiger partial charge in [-0.2, -0.15) is 0 Å². The first-order valence-corrected chi connectivity index (χ1v) is 15.6. The van der Waals surface area contributed by atoms with E-state index in [-0.39, 0.29) is 19.6 Å². The molecule has 0 aromatic rings. The monoisotopic (exact) mass is 546 g/mol. The second kappa shape index (κ2) is 24.1. The van der Waals surface area contributed by atoms with Gasteiger partial charge in [-0.15, -0.1) is 0 Å². The summed E-state index contributed by atoms with van der Waals surface area (Å²) in [4.78, 5) is 12.3. The Balaban J connectivity index is 1.99. The molecule has 0 aliphatic carbocycles. The number of aliphatic hydroxyl groups is 4. The fourth-order valence-corrected chi connectivity index (χ4v) is 4.94. The fraction of sp³-hybridized carbons (Fsp3) is 0.967. The zero-order valence-electron chi connectivity index (χ0n) is 24.1. The van der Waals surface area contributed by atoms with Gasteiger partial charge in [-0.25, -0.2) is 0 Å². The maximum Gasteiger partial charge on any atom is 0.306 e. The van der Waals surface area contributed by atoms with Crippen molar-refractivity contribution in [3.63, 3.8) is 0 Å². The summed E-state index contributed by atoms with van der Waals surface area (Å²) in [6, 6.07) is 0. The van der Waals surface area contributed by atoms with Crippen LogP contribution in [0.3, 0.4) is 0 Å². The molecule has 4 atom stereocenters. The summed E-state index contributed by atoms with van der Waals surface area (Å²) in [5, 5.41) is 39.0. The zero-order chi connectivity index (χ0) is 27.8. The summed E-state index contributed by atoms with van der Waals surface area (Å²) >= 11 is 0. The van der Waals surface area contributed by atoms with Crippen LogP contribution in [0, 0.1) is 0 Å². The van der Waals surface area contributed by atoms with E-state index in [4.69, 9.17) is 19.3 Å². The molecule has 8 nitrogen and oxygen atoms in total. The number of rotatable bonds is 26. The quantitative estimate of drug-likeness (QED) is 0.0865. The van der Waals surface area contributed by atoms with Crippen molar-refractivity contribution in [3.05, 3.63) is 0 Å². The summed E-state index contributed by atoms with van der Waals surface area (Å²) in [5.74, 6) is -0.509. The Morgan fingerprint density at radius 1 is 0.684 bits per heavy atom. The lowest BCUT2D eigenvalue weighted by Crippen LogP contribution is -2.52. The normalized spacial score (nSPS) is 17.4. The number of hydrogen-bond acceptors (Lipinski definition) is 8. The van der Waals surface area contributed by atoms with Gasteiger partial charge in [0.1, 0.15) is 18.3 Å². The number of carbonyl (C=O) groups is 1. The molecule has 1 fully saturated rings. The largest absolute Gasteiger partial charge is 0.454 e. The van der Waals surface area contributed by atoms with E-state index in [1.54, 1.807) is 0 Å². The van der Waals surface area contributed by atoms with Crippen molar-refractivity contribution < 1.29 is 39.4 Å². The Morgan fingerprint density at radius 3 is 1.47 bits per heavy atom. The molecule has 4 N–H and O–H groups in total. The van der Waals surface area contributed by atoms with Gasteiger partial charge in [0.05, 0.1) is 19.8 Å². The topological polar surface area (TPSA) is 126 Å². The molecule has 0 radical (unpaired) electrons. The lowest BCUT2D eigenvalue weighted by molar-refractivity contribution is -0.210. The maximum atomic E-state index is 12.3. The van der Waals surface area contributed by atoms with Crippen LogP contribution in [0.5, 0.6) is 0 Å².